The van der Waals surface area contributed by atoms with Crippen LogP contribution in [0.25, 0.3) is 21.9 Å². The number of hydrogen-bond donors (Lipinski definition) is 8. The van der Waals surface area contributed by atoms with E-state index in [4.69, 9.17) is 16.2 Å². The van der Waals surface area contributed by atoms with Gasteiger partial charge in [-0.3, -0.25) is 28.9 Å². The summed E-state index contributed by atoms with van der Waals surface area (Å²) in [6, 6.07) is 19.2. The van der Waals surface area contributed by atoms with Gasteiger partial charge in [-0.25, -0.2) is 19.6 Å². The molecule has 20 heteroatoms. The lowest BCUT2D eigenvalue weighted by molar-refractivity contribution is -0.137. The smallest absolute Gasteiger partial charge is 0.407 e. The molecule has 2 unspecified atom stereocenters. The zero-order chi connectivity index (χ0) is 48.7. The Balaban J connectivity index is 0.961. The molecule has 3 aromatic carbocycles. The summed E-state index contributed by atoms with van der Waals surface area (Å²) < 4.78 is 7.36. The van der Waals surface area contributed by atoms with Crippen LogP contribution in [0.2, 0.25) is 0 Å². The number of carbonyl (C=O) groups excluding carboxylic acids is 7. The number of aliphatic hydroxyl groups is 1. The minimum absolute atomic E-state index is 0.0496. The third-order valence-electron chi connectivity index (χ3n) is 11.3. The number of nitrogens with two attached hydrogens (primary N) is 2. The van der Waals surface area contributed by atoms with Crippen molar-refractivity contribution in [2.45, 2.75) is 90.8 Å². The molecule has 2 aromatic heterocycles. The molecule has 0 saturated heterocycles. The number of para-hydroxylation sites is 1. The SMILES string of the molecule is CC(C)C(NC(=O)CCCCCN1C(=O)C=CC1=O)C(=O)NC(CCCNC(N)=O)C(=O)Nc1ccc(COC(=O)NCc2ccc(Cn3c(CO)nc4c(N)nc5ccccc5c43)cc2)cc1. The predicted octanol–water partition coefficient (Wildman–Crippen LogP) is 3.63. The molecule has 0 bridgehead atoms. The first-order valence-electron chi connectivity index (χ1n) is 22.4. The summed E-state index contributed by atoms with van der Waals surface area (Å²) in [4.78, 5) is 97.5. The summed E-state index contributed by atoms with van der Waals surface area (Å²) in [7, 11) is 0. The second-order valence-electron chi connectivity index (χ2n) is 16.7. The molecule has 1 aliphatic rings. The van der Waals surface area contributed by atoms with Gasteiger partial charge in [0.05, 0.1) is 11.0 Å². The summed E-state index contributed by atoms with van der Waals surface area (Å²) in [5, 5.41) is 24.5. The molecular weight excluding hydrogens is 875 g/mol. The van der Waals surface area contributed by atoms with E-state index in [0.29, 0.717) is 54.8 Å². The third-order valence-corrected chi connectivity index (χ3v) is 11.3. The summed E-state index contributed by atoms with van der Waals surface area (Å²) in [5.74, 6) is -1.74. The van der Waals surface area contributed by atoms with Gasteiger partial charge in [-0.1, -0.05) is 74.9 Å². The monoisotopic (exact) mass is 931 g/mol. The van der Waals surface area contributed by atoms with Gasteiger partial charge in [0, 0.05) is 55.8 Å². The molecule has 5 aromatic rings. The number of amides is 8. The van der Waals surface area contributed by atoms with Crippen molar-refractivity contribution in [3.63, 3.8) is 0 Å². The molecule has 358 valence electrons. The van der Waals surface area contributed by atoms with Crippen LogP contribution in [0.4, 0.5) is 21.1 Å². The molecule has 0 aliphatic carbocycles. The largest absolute Gasteiger partial charge is 0.445 e. The lowest BCUT2D eigenvalue weighted by Crippen LogP contribution is -2.54. The van der Waals surface area contributed by atoms with Crippen molar-refractivity contribution in [2.24, 2.45) is 11.7 Å². The van der Waals surface area contributed by atoms with E-state index in [9.17, 15) is 38.7 Å². The number of fused-ring (bicyclic) bond motifs is 3. The Morgan fingerprint density at radius 2 is 1.49 bits per heavy atom. The lowest BCUT2D eigenvalue weighted by atomic mass is 10.0. The Bertz CT molecular complexity index is 2650. The number of ether oxygens (including phenoxy) is 1. The Kier molecular flexibility index (Phi) is 17.2. The number of urea groups is 1. The number of imidazole rings is 1. The number of unbranched alkanes of at least 4 members (excludes halogenated alkanes) is 2. The number of hydrogen-bond acceptors (Lipinski definition) is 12. The number of pyridine rings is 1. The summed E-state index contributed by atoms with van der Waals surface area (Å²) >= 11 is 0. The number of rotatable bonds is 23. The minimum Gasteiger partial charge on any atom is -0.445 e. The molecular formula is C48H57N11O9. The van der Waals surface area contributed by atoms with E-state index in [1.807, 2.05) is 53.1 Å². The maximum Gasteiger partial charge on any atom is 0.407 e. The van der Waals surface area contributed by atoms with Crippen LogP contribution in [0, 0.1) is 5.92 Å². The average Bonchev–Trinajstić information content (AvgIpc) is 3.86. The highest BCUT2D eigenvalue weighted by Crippen LogP contribution is 2.29. The van der Waals surface area contributed by atoms with E-state index < -0.39 is 36.0 Å². The van der Waals surface area contributed by atoms with Crippen LogP contribution in [0.15, 0.2) is 84.9 Å². The van der Waals surface area contributed by atoms with Crippen LogP contribution in [0.5, 0.6) is 0 Å². The van der Waals surface area contributed by atoms with Crippen LogP contribution in [-0.2, 0) is 55.0 Å². The maximum atomic E-state index is 13.6. The third kappa shape index (κ3) is 13.4. The first kappa shape index (κ1) is 49.6. The number of imide groups is 1. The molecule has 1 aliphatic heterocycles. The normalized spacial score (nSPS) is 13.1. The molecule has 2 atom stereocenters. The van der Waals surface area contributed by atoms with Crippen molar-refractivity contribution >= 4 is 75.1 Å². The van der Waals surface area contributed by atoms with Gasteiger partial charge >= 0.3 is 12.1 Å². The van der Waals surface area contributed by atoms with E-state index in [1.54, 1.807) is 38.1 Å². The number of carbonyl (C=O) groups is 7. The number of primary amides is 1. The second-order valence-corrected chi connectivity index (χ2v) is 16.7. The Labute approximate surface area is 392 Å². The van der Waals surface area contributed by atoms with Gasteiger partial charge in [0.2, 0.25) is 17.7 Å². The van der Waals surface area contributed by atoms with Crippen molar-refractivity contribution in [3.05, 3.63) is 107 Å². The molecule has 10 N–H and O–H groups in total. The standard InChI is InChI=1S/C48H57N11O9/c1-29(2)41(57-38(61)12-4-3-7-24-58-39(62)21-22-40(58)63)46(65)55-36(11-8-23-51-47(50)66)45(64)53-33-19-17-32(18-20-33)28-68-48(67)52-25-30-13-15-31(16-14-30)26-59-37(27-60)56-42-43(59)34-9-5-6-10-35(34)54-44(42)49/h5-6,9-10,13-22,29,36,41,60H,3-4,7-8,11-12,23-28H2,1-2H3,(H2,49,54)(H,52,67)(H,53,64)(H,55,65)(H,57,61)(H3,50,51,66). The molecule has 0 fully saturated rings. The Hall–Kier alpha value is -7.87. The molecule has 0 radical (unpaired) electrons. The number of benzene rings is 3. The fourth-order valence-electron chi connectivity index (χ4n) is 7.64. The summed E-state index contributed by atoms with van der Waals surface area (Å²) in [6.45, 7) is 4.25. The van der Waals surface area contributed by atoms with Crippen LogP contribution in [-0.4, -0.2) is 91.4 Å². The van der Waals surface area contributed by atoms with Gasteiger partial charge in [-0.15, -0.1) is 0 Å². The fraction of sp³-hybridized carbons (Fsp3) is 0.354. The molecule has 0 saturated carbocycles. The quantitative estimate of drug-likeness (QED) is 0.0344. The number of nitrogens with one attached hydrogen (secondary N) is 5. The van der Waals surface area contributed by atoms with Gasteiger partial charge in [-0.2, -0.15) is 0 Å². The zero-order valence-corrected chi connectivity index (χ0v) is 38.0. The van der Waals surface area contributed by atoms with E-state index >= 15 is 0 Å². The van der Waals surface area contributed by atoms with Crippen molar-refractivity contribution in [1.82, 2.24) is 40.7 Å². The van der Waals surface area contributed by atoms with Crippen LogP contribution < -0.4 is 38.1 Å². The number of aromatic nitrogens is 3. The summed E-state index contributed by atoms with van der Waals surface area (Å²) in [6.07, 6.45) is 3.97. The summed E-state index contributed by atoms with van der Waals surface area (Å²) in [5.41, 5.74) is 16.3. The van der Waals surface area contributed by atoms with Crippen molar-refractivity contribution < 1.29 is 43.4 Å². The van der Waals surface area contributed by atoms with E-state index in [0.717, 1.165) is 32.4 Å². The first-order valence-corrected chi connectivity index (χ1v) is 22.4. The fourth-order valence-corrected chi connectivity index (χ4v) is 7.64. The lowest BCUT2D eigenvalue weighted by Gasteiger charge is -2.25. The van der Waals surface area contributed by atoms with Crippen molar-refractivity contribution in [2.75, 3.05) is 24.1 Å². The highest BCUT2D eigenvalue weighted by molar-refractivity contribution is 6.13. The second kappa shape index (κ2) is 23.5. The maximum absolute atomic E-state index is 13.6. The zero-order valence-electron chi connectivity index (χ0n) is 38.0. The highest BCUT2D eigenvalue weighted by atomic mass is 16.5. The van der Waals surface area contributed by atoms with E-state index in [1.165, 1.54) is 12.2 Å². The topological polar surface area (TPSA) is 295 Å². The van der Waals surface area contributed by atoms with E-state index in [-0.39, 0.29) is 75.1 Å². The average molecular weight is 932 g/mol. The van der Waals surface area contributed by atoms with Crippen LogP contribution in [0.3, 0.4) is 0 Å². The molecule has 0 spiro atoms. The van der Waals surface area contributed by atoms with Gasteiger partial charge in [0.15, 0.2) is 5.82 Å². The molecule has 68 heavy (non-hydrogen) atoms. The number of alkyl carbamates (subject to hydrolysis) is 1. The first-order chi connectivity index (χ1) is 32.7. The number of nitrogen functional groups attached to an aromatic ring is 1. The van der Waals surface area contributed by atoms with Crippen molar-refractivity contribution in [1.29, 1.82) is 0 Å². The number of nitrogens with zero attached hydrogens (tertiary/aromatic N) is 4. The Morgan fingerprint density at radius 3 is 2.18 bits per heavy atom. The van der Waals surface area contributed by atoms with Gasteiger partial charge in [-0.05, 0) is 66.5 Å². The number of anilines is 2. The molecule has 20 nitrogen and oxygen atoms in total. The molecule has 6 rings (SSSR count). The molecule has 8 amide bonds. The van der Waals surface area contributed by atoms with Gasteiger partial charge in [0.1, 0.15) is 36.6 Å². The highest BCUT2D eigenvalue weighted by Gasteiger charge is 2.29. The van der Waals surface area contributed by atoms with Crippen molar-refractivity contribution in [3.8, 4) is 0 Å². The number of aliphatic hydroxyl groups excluding tert-OH is 1. The predicted molar refractivity (Wildman–Crippen MR) is 253 cm³/mol. The molecule has 3 heterocycles. The van der Waals surface area contributed by atoms with Crippen LogP contribution in [0.1, 0.15) is 74.9 Å². The Morgan fingerprint density at radius 1 is 0.794 bits per heavy atom. The van der Waals surface area contributed by atoms with Crippen LogP contribution >= 0.6 is 0 Å². The van der Waals surface area contributed by atoms with Gasteiger partial charge < -0.3 is 52.5 Å². The van der Waals surface area contributed by atoms with E-state index in [2.05, 4.69) is 36.6 Å². The minimum atomic E-state index is -1.04. The van der Waals surface area contributed by atoms with Gasteiger partial charge in [0.25, 0.3) is 11.8 Å².